The van der Waals surface area contributed by atoms with Crippen molar-refractivity contribution in [2.45, 2.75) is 119 Å². The van der Waals surface area contributed by atoms with Gasteiger partial charge in [-0.25, -0.2) is 8.42 Å². The first-order valence-corrected chi connectivity index (χ1v) is 24.5. The first-order valence-electron chi connectivity index (χ1n) is 21.0. The standard InChI is InChI=1S/C43H58N6O9S3/c1-5-13-33(39(53)41(55)44-25-35(51)47-36(38(52)27(2)3)29-14-8-6-9-15-29)46-40(54)34-24-43(59-22-12-23-60-43)26-49(34)42(56)37(30-16-10-7-11-17-30)48-61(57,58)32-20-18-31(19-21-32)45-28(4)50/h6,8-9,14-15,18-21,27,30,33-34,36-37,48H,5,7,10-13,16-17,22-26H2,1-4H3,(H,44,55)(H,45,50)(H,46,54)(H,47,51)/t33?,34-,36?,37-/m0/s1. The predicted octanol–water partition coefficient (Wildman–Crippen LogP) is 4.09. The number of likely N-dealkylation sites (tertiary alicyclic amines) is 1. The van der Waals surface area contributed by atoms with E-state index >= 15 is 0 Å². The normalized spacial score (nSPS) is 19.4. The third kappa shape index (κ3) is 12.7. The first kappa shape index (κ1) is 47.8. The molecule has 5 rings (SSSR count). The molecule has 5 N–H and O–H groups in total. The highest BCUT2D eigenvalue weighted by Gasteiger charge is 2.52. The minimum absolute atomic E-state index is 0.0856. The molecule has 61 heavy (non-hydrogen) atoms. The van der Waals surface area contributed by atoms with E-state index in [2.05, 4.69) is 26.0 Å². The summed E-state index contributed by atoms with van der Waals surface area (Å²) in [6.45, 7) is 6.16. The lowest BCUT2D eigenvalue weighted by molar-refractivity contribution is -0.143. The van der Waals surface area contributed by atoms with Crippen LogP contribution in [-0.2, 0) is 43.6 Å². The van der Waals surface area contributed by atoms with Crippen LogP contribution in [0.15, 0.2) is 59.5 Å². The van der Waals surface area contributed by atoms with Gasteiger partial charge in [-0.15, -0.1) is 23.5 Å². The maximum absolute atomic E-state index is 14.9. The lowest BCUT2D eigenvalue weighted by Crippen LogP contribution is -2.58. The Kier molecular flexibility index (Phi) is 17.0. The van der Waals surface area contributed by atoms with Crippen molar-refractivity contribution in [3.8, 4) is 0 Å². The number of carbonyl (C=O) groups excluding carboxylic acids is 7. The zero-order chi connectivity index (χ0) is 44.3. The Hall–Kier alpha value is -4.26. The molecule has 3 aliphatic rings. The summed E-state index contributed by atoms with van der Waals surface area (Å²) in [6.07, 6.45) is 5.54. The molecule has 2 heterocycles. The maximum atomic E-state index is 14.9. The fourth-order valence-electron chi connectivity index (χ4n) is 8.02. The molecular weight excluding hydrogens is 841 g/mol. The van der Waals surface area contributed by atoms with Gasteiger partial charge in [0.1, 0.15) is 18.1 Å². The van der Waals surface area contributed by atoms with Gasteiger partial charge in [0.25, 0.3) is 5.91 Å². The van der Waals surface area contributed by atoms with E-state index in [1.807, 2.05) is 0 Å². The third-order valence-electron chi connectivity index (χ3n) is 11.2. The lowest BCUT2D eigenvalue weighted by Gasteiger charge is -2.35. The Morgan fingerprint density at radius 1 is 0.869 bits per heavy atom. The van der Waals surface area contributed by atoms with Gasteiger partial charge in [-0.2, -0.15) is 4.72 Å². The van der Waals surface area contributed by atoms with E-state index in [9.17, 15) is 42.0 Å². The van der Waals surface area contributed by atoms with Gasteiger partial charge in [0.05, 0.1) is 21.6 Å². The summed E-state index contributed by atoms with van der Waals surface area (Å²) in [5.74, 6) is -3.52. The van der Waals surface area contributed by atoms with E-state index in [0.717, 1.165) is 37.2 Å². The number of nitrogens with zero attached hydrogens (tertiary/aromatic N) is 1. The van der Waals surface area contributed by atoms with Crippen molar-refractivity contribution in [3.63, 3.8) is 0 Å². The van der Waals surface area contributed by atoms with Crippen LogP contribution in [0.3, 0.4) is 0 Å². The smallest absolute Gasteiger partial charge is 0.290 e. The largest absolute Gasteiger partial charge is 0.344 e. The first-order chi connectivity index (χ1) is 29.0. The van der Waals surface area contributed by atoms with Gasteiger partial charge in [-0.1, -0.05) is 76.8 Å². The highest BCUT2D eigenvalue weighted by atomic mass is 32.2. The Balaban J connectivity index is 1.33. The summed E-state index contributed by atoms with van der Waals surface area (Å²) >= 11 is 3.33. The quantitative estimate of drug-likeness (QED) is 0.134. The Bertz CT molecular complexity index is 2020. The van der Waals surface area contributed by atoms with Crippen molar-refractivity contribution >= 4 is 80.3 Å². The fraction of sp³-hybridized carbons (Fsp3) is 0.558. The van der Waals surface area contributed by atoms with E-state index in [1.54, 1.807) is 74.6 Å². The Morgan fingerprint density at radius 2 is 1.52 bits per heavy atom. The monoisotopic (exact) mass is 898 g/mol. The van der Waals surface area contributed by atoms with Crippen LogP contribution >= 0.6 is 23.5 Å². The second-order valence-corrected chi connectivity index (χ2v) is 21.1. The summed E-state index contributed by atoms with van der Waals surface area (Å²) < 4.78 is 30.0. The van der Waals surface area contributed by atoms with Crippen LogP contribution in [0.2, 0.25) is 0 Å². The van der Waals surface area contributed by atoms with Crippen molar-refractivity contribution in [2.24, 2.45) is 11.8 Å². The third-order valence-corrected chi connectivity index (χ3v) is 16.0. The molecule has 0 aromatic heterocycles. The minimum atomic E-state index is -4.24. The number of benzene rings is 2. The summed E-state index contributed by atoms with van der Waals surface area (Å²) in [5.41, 5.74) is 0.991. The molecule has 2 aromatic carbocycles. The van der Waals surface area contributed by atoms with Gasteiger partial charge >= 0.3 is 0 Å². The van der Waals surface area contributed by atoms with Crippen molar-refractivity contribution in [2.75, 3.05) is 29.9 Å². The number of thioether (sulfide) groups is 2. The molecule has 3 fully saturated rings. The fourth-order valence-corrected chi connectivity index (χ4v) is 12.6. The second kappa shape index (κ2) is 21.7. The van der Waals surface area contributed by atoms with Crippen LogP contribution in [0, 0.1) is 11.8 Å². The van der Waals surface area contributed by atoms with Crippen LogP contribution in [0.25, 0.3) is 0 Å². The number of carbonyl (C=O) groups is 7. The van der Waals surface area contributed by atoms with Gasteiger partial charge in [0, 0.05) is 31.5 Å². The number of amides is 5. The number of hydrogen-bond acceptors (Lipinski definition) is 11. The maximum Gasteiger partial charge on any atom is 0.290 e. The number of Topliss-reactive ketones (excluding diaryl/α,β-unsaturated/α-hetero) is 2. The van der Waals surface area contributed by atoms with Crippen molar-refractivity contribution in [3.05, 3.63) is 60.2 Å². The SMILES string of the molecule is CCCC(NC(=O)[C@@H]1CC2(CN1C(=O)[C@@H](NS(=O)(=O)c1ccc(NC(C)=O)cc1)C1CCCCC1)SCCCS2)C(=O)C(=O)NCC(=O)NC(C(=O)C(C)C)c1ccccc1. The molecule has 332 valence electrons. The molecule has 1 saturated carbocycles. The number of rotatable bonds is 18. The van der Waals surface area contributed by atoms with Crippen LogP contribution in [0.5, 0.6) is 0 Å². The molecule has 1 spiro atoms. The van der Waals surface area contributed by atoms with Gasteiger partial charge in [-0.3, -0.25) is 33.6 Å². The van der Waals surface area contributed by atoms with Crippen LogP contribution < -0.4 is 26.0 Å². The number of hydrogen-bond donors (Lipinski definition) is 5. The molecule has 0 bridgehead atoms. The van der Waals surface area contributed by atoms with E-state index in [4.69, 9.17) is 0 Å². The van der Waals surface area contributed by atoms with Gasteiger partial charge in [0.2, 0.25) is 39.4 Å². The van der Waals surface area contributed by atoms with Crippen LogP contribution in [-0.4, -0.2) is 101 Å². The Morgan fingerprint density at radius 3 is 2.13 bits per heavy atom. The summed E-state index contributed by atoms with van der Waals surface area (Å²) in [6, 6.07) is 9.88. The zero-order valence-corrected chi connectivity index (χ0v) is 37.6. The number of ketones is 2. The molecule has 1 aliphatic carbocycles. The molecule has 2 aromatic rings. The van der Waals surface area contributed by atoms with Gasteiger partial charge < -0.3 is 26.2 Å². The van der Waals surface area contributed by atoms with E-state index in [-0.39, 0.29) is 47.8 Å². The molecular formula is C43H58N6O9S3. The number of sulfonamides is 1. The molecule has 2 unspecified atom stereocenters. The average molecular weight is 899 g/mol. The van der Waals surface area contributed by atoms with Gasteiger partial charge in [-0.05, 0) is 72.9 Å². The topological polar surface area (TPSA) is 217 Å². The molecule has 2 saturated heterocycles. The molecule has 4 atom stereocenters. The Labute approximate surface area is 366 Å². The van der Waals surface area contributed by atoms with E-state index < -0.39 is 74.2 Å². The van der Waals surface area contributed by atoms with Crippen molar-refractivity contribution in [1.82, 2.24) is 25.6 Å². The lowest BCUT2D eigenvalue weighted by atomic mass is 9.83. The number of nitrogens with one attached hydrogen (secondary N) is 5. The summed E-state index contributed by atoms with van der Waals surface area (Å²) in [5, 5.41) is 10.4. The predicted molar refractivity (Wildman–Crippen MR) is 236 cm³/mol. The number of anilines is 1. The molecule has 5 amide bonds. The van der Waals surface area contributed by atoms with Crippen molar-refractivity contribution in [1.29, 1.82) is 0 Å². The van der Waals surface area contributed by atoms with E-state index in [1.165, 1.54) is 36.1 Å². The molecule has 2 aliphatic heterocycles. The molecule has 15 nitrogen and oxygen atoms in total. The highest BCUT2D eigenvalue weighted by Crippen LogP contribution is 2.50. The zero-order valence-electron chi connectivity index (χ0n) is 35.2. The van der Waals surface area contributed by atoms with Crippen LogP contribution in [0.1, 0.15) is 97.1 Å². The van der Waals surface area contributed by atoms with Crippen molar-refractivity contribution < 1.29 is 42.0 Å². The molecule has 18 heteroatoms. The van der Waals surface area contributed by atoms with E-state index in [0.29, 0.717) is 30.5 Å². The van der Waals surface area contributed by atoms with Crippen LogP contribution in [0.4, 0.5) is 5.69 Å². The molecule has 0 radical (unpaired) electrons. The average Bonchev–Trinajstić information content (AvgIpc) is 3.62. The second-order valence-electron chi connectivity index (χ2n) is 16.2. The summed E-state index contributed by atoms with van der Waals surface area (Å²) in [7, 11) is -4.24. The van der Waals surface area contributed by atoms with Gasteiger partial charge in [0.15, 0.2) is 5.78 Å². The minimum Gasteiger partial charge on any atom is -0.344 e. The summed E-state index contributed by atoms with van der Waals surface area (Å²) in [4.78, 5) is 95.0. The highest BCUT2D eigenvalue weighted by molar-refractivity contribution is 8.18.